The summed E-state index contributed by atoms with van der Waals surface area (Å²) >= 11 is 12.1. The van der Waals surface area contributed by atoms with Crippen LogP contribution < -0.4 is 9.47 Å². The summed E-state index contributed by atoms with van der Waals surface area (Å²) in [5, 5.41) is 1.08. The van der Waals surface area contributed by atoms with Gasteiger partial charge in [0.25, 0.3) is 0 Å². The van der Waals surface area contributed by atoms with Gasteiger partial charge in [0.1, 0.15) is 5.69 Å². The quantitative estimate of drug-likeness (QED) is 0.782. The first kappa shape index (κ1) is 18.3. The predicted octanol–water partition coefficient (Wildman–Crippen LogP) is 3.98. The number of ether oxygens (including phenoxy) is 3. The lowest BCUT2D eigenvalue weighted by Gasteiger charge is -2.33. The lowest BCUT2D eigenvalue weighted by molar-refractivity contribution is -0.0334. The molecule has 0 saturated carbocycles. The average Bonchev–Trinajstić information content (AvgIpc) is 2.64. The Kier molecular flexibility index (Phi) is 6.02. The number of hydrogen-bond acceptors (Lipinski definition) is 5. The van der Waals surface area contributed by atoms with Crippen LogP contribution in [0.3, 0.4) is 0 Å². The maximum Gasteiger partial charge on any atom is 0.183 e. The maximum atomic E-state index is 6.13. The summed E-state index contributed by atoms with van der Waals surface area (Å²) in [7, 11) is 3.25. The van der Waals surface area contributed by atoms with Crippen molar-refractivity contribution in [3.05, 3.63) is 51.8 Å². The van der Waals surface area contributed by atoms with Gasteiger partial charge in [0.05, 0.1) is 37.0 Å². The van der Waals surface area contributed by atoms with E-state index in [0.717, 1.165) is 24.3 Å². The highest BCUT2D eigenvalue weighted by molar-refractivity contribution is 6.42. The summed E-state index contributed by atoms with van der Waals surface area (Å²) < 4.78 is 16.7. The summed E-state index contributed by atoms with van der Waals surface area (Å²) in [5.41, 5.74) is 1.86. The van der Waals surface area contributed by atoms with E-state index in [4.69, 9.17) is 37.4 Å². The first-order valence-electron chi connectivity index (χ1n) is 7.97. The number of pyridine rings is 1. The van der Waals surface area contributed by atoms with E-state index in [1.54, 1.807) is 32.5 Å². The zero-order chi connectivity index (χ0) is 17.8. The third-order valence-electron chi connectivity index (χ3n) is 4.21. The van der Waals surface area contributed by atoms with Gasteiger partial charge in [-0.05, 0) is 17.7 Å². The van der Waals surface area contributed by atoms with E-state index in [2.05, 4.69) is 9.88 Å². The van der Waals surface area contributed by atoms with Gasteiger partial charge < -0.3 is 14.2 Å². The number of morpholine rings is 1. The minimum Gasteiger partial charge on any atom is -0.493 e. The molecule has 3 rings (SSSR count). The highest BCUT2D eigenvalue weighted by Crippen LogP contribution is 2.32. The summed E-state index contributed by atoms with van der Waals surface area (Å²) in [6, 6.07) is 7.41. The number of nitrogens with zero attached hydrogens (tertiary/aromatic N) is 2. The molecule has 0 amide bonds. The summed E-state index contributed by atoms with van der Waals surface area (Å²) in [4.78, 5) is 6.73. The highest BCUT2D eigenvalue weighted by Gasteiger charge is 2.24. The molecule has 0 spiro atoms. The van der Waals surface area contributed by atoms with Gasteiger partial charge in [0.15, 0.2) is 11.5 Å². The molecule has 25 heavy (non-hydrogen) atoms. The molecular formula is C18H20Cl2N2O3. The molecule has 0 bridgehead atoms. The Balaban J connectivity index is 1.75. The molecule has 2 aromatic rings. The first-order valence-corrected chi connectivity index (χ1v) is 8.72. The van der Waals surface area contributed by atoms with Crippen molar-refractivity contribution in [3.8, 4) is 11.5 Å². The molecule has 0 radical (unpaired) electrons. The normalized spacial score (nSPS) is 18.2. The van der Waals surface area contributed by atoms with Crippen molar-refractivity contribution in [2.45, 2.75) is 12.6 Å². The van der Waals surface area contributed by atoms with E-state index >= 15 is 0 Å². The third-order valence-corrected chi connectivity index (χ3v) is 4.94. The van der Waals surface area contributed by atoms with E-state index in [1.807, 2.05) is 12.1 Å². The Bertz CT molecular complexity index is 742. The van der Waals surface area contributed by atoms with Crippen molar-refractivity contribution >= 4 is 23.2 Å². The molecule has 7 heteroatoms. The molecule has 1 aliphatic heterocycles. The van der Waals surface area contributed by atoms with Crippen molar-refractivity contribution in [1.29, 1.82) is 0 Å². The van der Waals surface area contributed by atoms with Gasteiger partial charge in [-0.25, -0.2) is 0 Å². The van der Waals surface area contributed by atoms with Gasteiger partial charge in [0, 0.05) is 31.9 Å². The van der Waals surface area contributed by atoms with Crippen LogP contribution >= 0.6 is 23.2 Å². The molecule has 0 aliphatic carbocycles. The van der Waals surface area contributed by atoms with Crippen LogP contribution in [0.2, 0.25) is 10.0 Å². The second-order valence-corrected chi connectivity index (χ2v) is 6.58. The maximum absolute atomic E-state index is 6.13. The lowest BCUT2D eigenvalue weighted by Crippen LogP contribution is -2.38. The molecule has 5 nitrogen and oxygen atoms in total. The standard InChI is InChI=1S/C18H20Cl2N2O3/c1-23-16-5-6-21-15(18(16)24-2)10-22-7-8-25-17(11-22)12-3-4-13(19)14(20)9-12/h3-6,9,17H,7-8,10-11H2,1-2H3. The van der Waals surface area contributed by atoms with Crippen LogP contribution in [0.5, 0.6) is 11.5 Å². The lowest BCUT2D eigenvalue weighted by atomic mass is 10.1. The van der Waals surface area contributed by atoms with E-state index in [9.17, 15) is 0 Å². The zero-order valence-corrected chi connectivity index (χ0v) is 15.7. The molecule has 2 heterocycles. The average molecular weight is 383 g/mol. The molecule has 134 valence electrons. The minimum absolute atomic E-state index is 0.0554. The number of halogens is 2. The van der Waals surface area contributed by atoms with Gasteiger partial charge in [-0.15, -0.1) is 0 Å². The summed E-state index contributed by atoms with van der Waals surface area (Å²) in [6.07, 6.45) is 1.67. The number of methoxy groups -OCH3 is 2. The second-order valence-electron chi connectivity index (χ2n) is 5.76. The topological polar surface area (TPSA) is 43.8 Å². The molecular weight excluding hydrogens is 363 g/mol. The van der Waals surface area contributed by atoms with Crippen LogP contribution in [0, 0.1) is 0 Å². The largest absolute Gasteiger partial charge is 0.493 e. The Morgan fingerprint density at radius 3 is 2.76 bits per heavy atom. The van der Waals surface area contributed by atoms with Gasteiger partial charge in [-0.2, -0.15) is 0 Å². The van der Waals surface area contributed by atoms with Gasteiger partial charge in [0.2, 0.25) is 0 Å². The Hall–Kier alpha value is -1.53. The van der Waals surface area contributed by atoms with Crippen LogP contribution in [0.1, 0.15) is 17.4 Å². The van der Waals surface area contributed by atoms with Crippen LogP contribution in [0.15, 0.2) is 30.5 Å². The SMILES string of the molecule is COc1ccnc(CN2CCOC(c3ccc(Cl)c(Cl)c3)C2)c1OC. The molecule has 0 N–H and O–H groups in total. The second kappa shape index (κ2) is 8.23. The van der Waals surface area contributed by atoms with Crippen molar-refractivity contribution in [1.82, 2.24) is 9.88 Å². The van der Waals surface area contributed by atoms with Crippen LogP contribution in [0.4, 0.5) is 0 Å². The number of hydrogen-bond donors (Lipinski definition) is 0. The molecule has 1 aromatic heterocycles. The fraction of sp³-hybridized carbons (Fsp3) is 0.389. The molecule has 1 unspecified atom stereocenters. The monoisotopic (exact) mass is 382 g/mol. The zero-order valence-electron chi connectivity index (χ0n) is 14.2. The number of benzene rings is 1. The van der Waals surface area contributed by atoms with Gasteiger partial charge in [-0.3, -0.25) is 9.88 Å². The third kappa shape index (κ3) is 4.18. The minimum atomic E-state index is -0.0554. The van der Waals surface area contributed by atoms with Gasteiger partial charge in [-0.1, -0.05) is 29.3 Å². The van der Waals surface area contributed by atoms with Crippen molar-refractivity contribution in [2.24, 2.45) is 0 Å². The van der Waals surface area contributed by atoms with E-state index in [-0.39, 0.29) is 6.10 Å². The Labute approximate surface area is 157 Å². The molecule has 1 saturated heterocycles. The molecule has 1 aromatic carbocycles. The van der Waals surface area contributed by atoms with E-state index < -0.39 is 0 Å². The van der Waals surface area contributed by atoms with Crippen molar-refractivity contribution < 1.29 is 14.2 Å². The van der Waals surface area contributed by atoms with Crippen LogP contribution in [-0.2, 0) is 11.3 Å². The highest BCUT2D eigenvalue weighted by atomic mass is 35.5. The molecule has 1 fully saturated rings. The van der Waals surface area contributed by atoms with Gasteiger partial charge >= 0.3 is 0 Å². The number of aromatic nitrogens is 1. The summed E-state index contributed by atoms with van der Waals surface area (Å²) in [6.45, 7) is 2.85. The smallest absolute Gasteiger partial charge is 0.183 e. The Morgan fingerprint density at radius 2 is 2.04 bits per heavy atom. The van der Waals surface area contributed by atoms with Crippen molar-refractivity contribution in [2.75, 3.05) is 33.9 Å². The fourth-order valence-electron chi connectivity index (χ4n) is 2.94. The first-order chi connectivity index (χ1) is 12.1. The Morgan fingerprint density at radius 1 is 1.20 bits per heavy atom. The van der Waals surface area contributed by atoms with E-state index in [0.29, 0.717) is 34.7 Å². The molecule has 1 atom stereocenters. The molecule has 1 aliphatic rings. The summed E-state index contributed by atoms with van der Waals surface area (Å²) in [5.74, 6) is 1.35. The van der Waals surface area contributed by atoms with Crippen molar-refractivity contribution in [3.63, 3.8) is 0 Å². The van der Waals surface area contributed by atoms with Crippen LogP contribution in [-0.4, -0.2) is 43.8 Å². The van der Waals surface area contributed by atoms with Crippen LogP contribution in [0.25, 0.3) is 0 Å². The predicted molar refractivity (Wildman–Crippen MR) is 97.8 cm³/mol. The number of rotatable bonds is 5. The fourth-order valence-corrected chi connectivity index (χ4v) is 3.24. The van der Waals surface area contributed by atoms with E-state index in [1.165, 1.54) is 0 Å².